The van der Waals surface area contributed by atoms with Crippen LogP contribution in [0.4, 0.5) is 5.13 Å². The van der Waals surface area contributed by atoms with Gasteiger partial charge in [0.2, 0.25) is 0 Å². The van der Waals surface area contributed by atoms with Crippen molar-refractivity contribution < 1.29 is 14.6 Å². The van der Waals surface area contributed by atoms with Gasteiger partial charge in [0.1, 0.15) is 11.9 Å². The summed E-state index contributed by atoms with van der Waals surface area (Å²) in [6.45, 7) is 3.32. The lowest BCUT2D eigenvalue weighted by Crippen LogP contribution is -2.26. The molecule has 7 nitrogen and oxygen atoms in total. The molecule has 0 aliphatic carbocycles. The Bertz CT molecular complexity index is 718. The van der Waals surface area contributed by atoms with Gasteiger partial charge in [0.15, 0.2) is 11.7 Å². The van der Waals surface area contributed by atoms with Crippen molar-refractivity contribution in [1.82, 2.24) is 15.6 Å². The number of likely N-dealkylation sites (N-methyl/N-ethyl adjacent to an activating group) is 1. The van der Waals surface area contributed by atoms with Crippen LogP contribution in [-0.4, -0.2) is 56.8 Å². The van der Waals surface area contributed by atoms with Crippen molar-refractivity contribution in [1.29, 1.82) is 0 Å². The Balaban J connectivity index is 1.77. The molecule has 0 radical (unpaired) electrons. The van der Waals surface area contributed by atoms with Crippen LogP contribution in [0.3, 0.4) is 0 Å². The van der Waals surface area contributed by atoms with Gasteiger partial charge in [-0.1, -0.05) is 19.1 Å². The molecule has 0 saturated carbocycles. The molecular weight excluding hydrogens is 364 g/mol. The van der Waals surface area contributed by atoms with E-state index in [1.807, 2.05) is 48.6 Å². The van der Waals surface area contributed by atoms with Crippen LogP contribution in [0.25, 0.3) is 0 Å². The molecule has 27 heavy (non-hydrogen) atoms. The second kappa shape index (κ2) is 10.2. The third kappa shape index (κ3) is 6.50. The average molecular weight is 393 g/mol. The number of hydrogen-bond acceptors (Lipinski definition) is 7. The normalized spacial score (nSPS) is 13.1. The van der Waals surface area contributed by atoms with Crippen molar-refractivity contribution >= 4 is 22.4 Å². The number of carbonyl (C=O) groups excluding carboxylic acids is 1. The highest BCUT2D eigenvalue weighted by Gasteiger charge is 2.13. The Morgan fingerprint density at radius 1 is 1.30 bits per heavy atom. The predicted octanol–water partition coefficient (Wildman–Crippen LogP) is 1.76. The molecule has 2 unspecified atom stereocenters. The Morgan fingerprint density at radius 2 is 2.00 bits per heavy atom. The predicted molar refractivity (Wildman–Crippen MR) is 109 cm³/mol. The summed E-state index contributed by atoms with van der Waals surface area (Å²) in [7, 11) is 5.45. The second-order valence-electron chi connectivity index (χ2n) is 6.56. The van der Waals surface area contributed by atoms with Gasteiger partial charge in [-0.15, -0.1) is 11.3 Å². The van der Waals surface area contributed by atoms with Gasteiger partial charge >= 0.3 is 0 Å². The zero-order valence-corrected chi connectivity index (χ0v) is 17.0. The van der Waals surface area contributed by atoms with E-state index in [9.17, 15) is 9.90 Å². The quantitative estimate of drug-likeness (QED) is 0.571. The number of aromatic nitrogens is 1. The highest BCUT2D eigenvalue weighted by atomic mass is 32.1. The zero-order valence-electron chi connectivity index (χ0n) is 16.2. The van der Waals surface area contributed by atoms with Gasteiger partial charge < -0.3 is 25.4 Å². The highest BCUT2D eigenvalue weighted by Crippen LogP contribution is 2.23. The first kappa shape index (κ1) is 21.1. The maximum absolute atomic E-state index is 11.2. The molecule has 0 bridgehead atoms. The van der Waals surface area contributed by atoms with Crippen LogP contribution in [-0.2, 0) is 4.79 Å². The van der Waals surface area contributed by atoms with Crippen LogP contribution in [0.1, 0.15) is 30.2 Å². The molecular formula is C19H28N4O3S. The highest BCUT2D eigenvalue weighted by molar-refractivity contribution is 7.13. The Morgan fingerprint density at radius 3 is 2.59 bits per heavy atom. The molecule has 8 heteroatoms. The number of hydrogen-bond donors (Lipinski definition) is 3. The maximum atomic E-state index is 11.2. The molecule has 1 amide bonds. The van der Waals surface area contributed by atoms with E-state index >= 15 is 0 Å². The number of carbonyl (C=O) groups is 1. The average Bonchev–Trinajstić information content (AvgIpc) is 3.17. The molecule has 2 atom stereocenters. The fourth-order valence-electron chi connectivity index (χ4n) is 2.41. The Hall–Kier alpha value is -2.16. The molecule has 0 aliphatic rings. The third-order valence-corrected chi connectivity index (χ3v) is 5.15. The van der Waals surface area contributed by atoms with E-state index in [0.717, 1.165) is 17.2 Å². The number of amides is 1. The summed E-state index contributed by atoms with van der Waals surface area (Å²) in [6, 6.07) is 7.71. The van der Waals surface area contributed by atoms with Gasteiger partial charge in [-0.05, 0) is 23.6 Å². The lowest BCUT2D eigenvalue weighted by molar-refractivity contribution is -0.122. The topological polar surface area (TPSA) is 86.7 Å². The minimum absolute atomic E-state index is 0.0109. The smallest absolute Gasteiger partial charge is 0.257 e. The van der Waals surface area contributed by atoms with Crippen LogP contribution in [0.15, 0.2) is 29.6 Å². The molecule has 3 N–H and O–H groups in total. The molecule has 0 fully saturated rings. The van der Waals surface area contributed by atoms with Gasteiger partial charge in [0, 0.05) is 39.6 Å². The molecule has 2 rings (SSSR count). The first-order chi connectivity index (χ1) is 12.9. The van der Waals surface area contributed by atoms with Crippen LogP contribution >= 0.6 is 11.3 Å². The van der Waals surface area contributed by atoms with Crippen molar-refractivity contribution in [3.8, 4) is 5.75 Å². The van der Waals surface area contributed by atoms with E-state index < -0.39 is 6.10 Å². The van der Waals surface area contributed by atoms with Gasteiger partial charge in [0.05, 0.1) is 5.69 Å². The number of aliphatic hydroxyl groups excluding tert-OH is 1. The number of rotatable bonds is 10. The SMILES string of the molecule is CNC(=O)COc1ccc(C(C)CNCC(O)c2csc(N(C)C)n2)cc1. The first-order valence-corrected chi connectivity index (χ1v) is 9.73. The van der Waals surface area contributed by atoms with E-state index in [2.05, 4.69) is 22.5 Å². The monoisotopic (exact) mass is 392 g/mol. The number of nitrogens with zero attached hydrogens (tertiary/aromatic N) is 2. The number of ether oxygens (including phenoxy) is 1. The van der Waals surface area contributed by atoms with Crippen molar-refractivity contribution in [2.24, 2.45) is 0 Å². The van der Waals surface area contributed by atoms with Crippen LogP contribution in [0.2, 0.25) is 0 Å². The van der Waals surface area contributed by atoms with Gasteiger partial charge in [-0.25, -0.2) is 4.98 Å². The molecule has 0 aliphatic heterocycles. The largest absolute Gasteiger partial charge is 0.484 e. The van der Waals surface area contributed by atoms with E-state index in [4.69, 9.17) is 4.74 Å². The number of thiazole rings is 1. The van der Waals surface area contributed by atoms with Gasteiger partial charge in [-0.2, -0.15) is 0 Å². The summed E-state index contributed by atoms with van der Waals surface area (Å²) in [5.41, 5.74) is 1.86. The minimum Gasteiger partial charge on any atom is -0.484 e. The number of aliphatic hydroxyl groups is 1. The number of anilines is 1. The summed E-state index contributed by atoms with van der Waals surface area (Å²) < 4.78 is 5.40. The summed E-state index contributed by atoms with van der Waals surface area (Å²) in [6.07, 6.45) is -0.623. The third-order valence-electron chi connectivity index (χ3n) is 4.12. The molecule has 2 aromatic rings. The lowest BCUT2D eigenvalue weighted by Gasteiger charge is -2.15. The molecule has 0 spiro atoms. The summed E-state index contributed by atoms with van der Waals surface area (Å²) in [4.78, 5) is 17.6. The summed E-state index contributed by atoms with van der Waals surface area (Å²) in [5, 5.41) is 18.9. The van der Waals surface area contributed by atoms with Gasteiger partial charge in [0.25, 0.3) is 5.91 Å². The van der Waals surface area contributed by atoms with Gasteiger partial charge in [-0.3, -0.25) is 4.79 Å². The fraction of sp³-hybridized carbons (Fsp3) is 0.474. The van der Waals surface area contributed by atoms with Crippen molar-refractivity contribution in [3.05, 3.63) is 40.9 Å². The molecule has 0 saturated heterocycles. The molecule has 1 heterocycles. The van der Waals surface area contributed by atoms with Crippen molar-refractivity contribution in [2.45, 2.75) is 18.9 Å². The van der Waals surface area contributed by atoms with E-state index in [1.54, 1.807) is 7.05 Å². The Kier molecular flexibility index (Phi) is 8.02. The molecule has 148 valence electrons. The standard InChI is InChI=1S/C19H28N4O3S/c1-13(14-5-7-15(8-6-14)26-11-18(25)20-2)9-21-10-17(24)16-12-27-19(22-16)23(3)4/h5-8,12-13,17,21,24H,9-11H2,1-4H3,(H,20,25). The Labute approximate surface area is 164 Å². The zero-order chi connectivity index (χ0) is 19.8. The van der Waals surface area contributed by atoms with Crippen molar-refractivity contribution in [2.75, 3.05) is 45.7 Å². The van der Waals surface area contributed by atoms with E-state index in [-0.39, 0.29) is 18.4 Å². The van der Waals surface area contributed by atoms with E-state index in [1.165, 1.54) is 11.3 Å². The van der Waals surface area contributed by atoms with Crippen LogP contribution in [0, 0.1) is 0 Å². The van der Waals surface area contributed by atoms with Crippen molar-refractivity contribution in [3.63, 3.8) is 0 Å². The second-order valence-corrected chi connectivity index (χ2v) is 7.39. The summed E-state index contributed by atoms with van der Waals surface area (Å²) >= 11 is 1.52. The number of benzene rings is 1. The van der Waals surface area contributed by atoms with E-state index in [0.29, 0.717) is 18.0 Å². The minimum atomic E-state index is -0.623. The lowest BCUT2D eigenvalue weighted by atomic mass is 10.0. The number of nitrogens with one attached hydrogen (secondary N) is 2. The first-order valence-electron chi connectivity index (χ1n) is 8.85. The van der Waals surface area contributed by atoms with Crippen LogP contribution < -0.4 is 20.3 Å². The molecule has 1 aromatic carbocycles. The fourth-order valence-corrected chi connectivity index (χ4v) is 3.21. The maximum Gasteiger partial charge on any atom is 0.257 e. The summed E-state index contributed by atoms with van der Waals surface area (Å²) in [5.74, 6) is 0.782. The molecule has 1 aromatic heterocycles. The van der Waals surface area contributed by atoms with Crippen LogP contribution in [0.5, 0.6) is 5.75 Å².